The van der Waals surface area contributed by atoms with Crippen LogP contribution in [0.15, 0.2) is 24.3 Å². The van der Waals surface area contributed by atoms with Gasteiger partial charge in [-0.1, -0.05) is 29.8 Å². The molecule has 0 saturated carbocycles. The molecule has 0 spiro atoms. The topological polar surface area (TPSA) is 98.2 Å². The second-order valence-corrected chi connectivity index (χ2v) is 6.20. The van der Waals surface area contributed by atoms with Crippen LogP contribution in [0.5, 0.6) is 0 Å². The molecule has 5 N–H and O–H groups in total. The van der Waals surface area contributed by atoms with Gasteiger partial charge >= 0.3 is 0 Å². The lowest BCUT2D eigenvalue weighted by Gasteiger charge is -2.41. The molecule has 1 atom stereocenters. The number of rotatable bonds is 6. The molecule has 1 aliphatic heterocycles. The fourth-order valence-corrected chi connectivity index (χ4v) is 3.61. The van der Waals surface area contributed by atoms with Crippen molar-refractivity contribution in [3.05, 3.63) is 35.4 Å². The monoisotopic (exact) mass is 303 g/mol. The third kappa shape index (κ3) is 3.30. The van der Waals surface area contributed by atoms with Gasteiger partial charge in [-0.3, -0.25) is 9.59 Å². The largest absolute Gasteiger partial charge is 0.370 e. The maximum atomic E-state index is 12.5. The van der Waals surface area contributed by atoms with E-state index in [-0.39, 0.29) is 18.2 Å². The highest BCUT2D eigenvalue weighted by Crippen LogP contribution is 2.41. The zero-order valence-electron chi connectivity index (χ0n) is 13.1. The Hall–Kier alpha value is -1.88. The van der Waals surface area contributed by atoms with Crippen LogP contribution < -0.4 is 16.8 Å². The van der Waals surface area contributed by atoms with E-state index in [0.717, 1.165) is 37.1 Å². The summed E-state index contributed by atoms with van der Waals surface area (Å²) in [6, 6.07) is 7.88. The Kier molecular flexibility index (Phi) is 5.19. The molecule has 2 rings (SSSR count). The van der Waals surface area contributed by atoms with Gasteiger partial charge in [-0.25, -0.2) is 0 Å². The van der Waals surface area contributed by atoms with Gasteiger partial charge in [0.25, 0.3) is 0 Å². The number of amides is 2. The van der Waals surface area contributed by atoms with Gasteiger partial charge in [0.1, 0.15) is 0 Å². The molecule has 1 aromatic carbocycles. The van der Waals surface area contributed by atoms with E-state index in [9.17, 15) is 9.59 Å². The van der Waals surface area contributed by atoms with Crippen LogP contribution in [0.3, 0.4) is 0 Å². The number of primary amides is 2. The Morgan fingerprint density at radius 3 is 2.50 bits per heavy atom. The summed E-state index contributed by atoms with van der Waals surface area (Å²) in [6.45, 7) is 3.72. The molecule has 0 aromatic heterocycles. The van der Waals surface area contributed by atoms with Crippen molar-refractivity contribution in [1.82, 2.24) is 5.32 Å². The predicted octanol–water partition coefficient (Wildman–Crippen LogP) is 0.983. The first-order valence-corrected chi connectivity index (χ1v) is 7.83. The van der Waals surface area contributed by atoms with Crippen molar-refractivity contribution >= 4 is 11.8 Å². The van der Waals surface area contributed by atoms with E-state index in [1.54, 1.807) is 0 Å². The Morgan fingerprint density at radius 1 is 1.27 bits per heavy atom. The third-order valence-electron chi connectivity index (χ3n) is 4.77. The van der Waals surface area contributed by atoms with Crippen molar-refractivity contribution in [2.24, 2.45) is 17.4 Å². The van der Waals surface area contributed by atoms with Crippen molar-refractivity contribution in [1.29, 1.82) is 0 Å². The van der Waals surface area contributed by atoms with E-state index in [1.165, 1.54) is 0 Å². The first-order valence-electron chi connectivity index (χ1n) is 7.83. The van der Waals surface area contributed by atoms with Gasteiger partial charge in [-0.15, -0.1) is 0 Å². The molecule has 5 heteroatoms. The second kappa shape index (κ2) is 6.92. The summed E-state index contributed by atoms with van der Waals surface area (Å²) in [7, 11) is 0. The number of nitrogens with two attached hydrogens (primary N) is 2. The molecular formula is C17H25N3O2. The predicted molar refractivity (Wildman–Crippen MR) is 86.1 cm³/mol. The van der Waals surface area contributed by atoms with Crippen LogP contribution in [-0.4, -0.2) is 24.9 Å². The molecule has 22 heavy (non-hydrogen) atoms. The molecule has 1 aliphatic rings. The number of carbonyl (C=O) groups is 2. The lowest BCUT2D eigenvalue weighted by atomic mass is 9.63. The molecule has 1 heterocycles. The van der Waals surface area contributed by atoms with E-state index in [2.05, 4.69) is 5.32 Å². The zero-order valence-corrected chi connectivity index (χ0v) is 13.1. The van der Waals surface area contributed by atoms with Gasteiger partial charge in [0, 0.05) is 6.42 Å². The van der Waals surface area contributed by atoms with Crippen molar-refractivity contribution in [2.45, 2.75) is 38.0 Å². The van der Waals surface area contributed by atoms with Crippen LogP contribution in [-0.2, 0) is 15.0 Å². The average Bonchev–Trinajstić information content (AvgIpc) is 2.48. The summed E-state index contributed by atoms with van der Waals surface area (Å²) in [5.41, 5.74) is 12.4. The lowest BCUT2D eigenvalue weighted by Crippen LogP contribution is -2.51. The third-order valence-corrected chi connectivity index (χ3v) is 4.77. The highest BCUT2D eigenvalue weighted by atomic mass is 16.1. The van der Waals surface area contributed by atoms with Gasteiger partial charge in [0.15, 0.2) is 0 Å². The number of carbonyl (C=O) groups excluding carboxylic acids is 2. The SMILES string of the molecule is Cc1cccc(C(CCC(N)=O)(C(N)=O)C2CCNCC2)c1. The highest BCUT2D eigenvalue weighted by Gasteiger charge is 2.45. The van der Waals surface area contributed by atoms with Crippen LogP contribution >= 0.6 is 0 Å². The number of piperidine rings is 1. The molecule has 1 aromatic rings. The normalized spacial score (nSPS) is 18.6. The van der Waals surface area contributed by atoms with Crippen molar-refractivity contribution in [2.75, 3.05) is 13.1 Å². The van der Waals surface area contributed by atoms with Crippen molar-refractivity contribution in [3.63, 3.8) is 0 Å². The van der Waals surface area contributed by atoms with E-state index in [0.29, 0.717) is 6.42 Å². The smallest absolute Gasteiger partial charge is 0.228 e. The minimum absolute atomic E-state index is 0.132. The van der Waals surface area contributed by atoms with Crippen LogP contribution in [0.1, 0.15) is 36.8 Å². The van der Waals surface area contributed by atoms with Crippen molar-refractivity contribution < 1.29 is 9.59 Å². The number of hydrogen-bond donors (Lipinski definition) is 3. The summed E-state index contributed by atoms with van der Waals surface area (Å²) in [6.07, 6.45) is 2.29. The molecule has 2 amide bonds. The Labute approximate surface area is 131 Å². The van der Waals surface area contributed by atoms with Gasteiger partial charge in [-0.2, -0.15) is 0 Å². The number of hydrogen-bond acceptors (Lipinski definition) is 3. The van der Waals surface area contributed by atoms with Gasteiger partial charge in [0.2, 0.25) is 11.8 Å². The summed E-state index contributed by atoms with van der Waals surface area (Å²) in [5.74, 6) is -0.620. The Bertz CT molecular complexity index is 553. The van der Waals surface area contributed by atoms with E-state index in [4.69, 9.17) is 11.5 Å². The Morgan fingerprint density at radius 2 is 1.95 bits per heavy atom. The maximum absolute atomic E-state index is 12.5. The van der Waals surface area contributed by atoms with Gasteiger partial charge < -0.3 is 16.8 Å². The number of nitrogens with one attached hydrogen (secondary N) is 1. The molecular weight excluding hydrogens is 278 g/mol. The standard InChI is InChI=1S/C17H25N3O2/c1-12-3-2-4-14(11-12)17(16(19)22,8-5-15(18)21)13-6-9-20-10-7-13/h2-4,11,13,20H,5-10H2,1H3,(H2,18,21)(H2,19,22). The van der Waals surface area contributed by atoms with Crippen molar-refractivity contribution in [3.8, 4) is 0 Å². The van der Waals surface area contributed by atoms with Crippen LogP contribution in [0, 0.1) is 12.8 Å². The average molecular weight is 303 g/mol. The molecule has 1 fully saturated rings. The molecule has 0 aliphatic carbocycles. The molecule has 0 bridgehead atoms. The minimum Gasteiger partial charge on any atom is -0.370 e. The zero-order chi connectivity index (χ0) is 16.2. The number of aryl methyl sites for hydroxylation is 1. The van der Waals surface area contributed by atoms with Gasteiger partial charge in [0.05, 0.1) is 5.41 Å². The van der Waals surface area contributed by atoms with Crippen LogP contribution in [0.25, 0.3) is 0 Å². The summed E-state index contributed by atoms with van der Waals surface area (Å²) in [4.78, 5) is 23.8. The molecule has 0 radical (unpaired) electrons. The van der Waals surface area contributed by atoms with E-state index < -0.39 is 11.3 Å². The highest BCUT2D eigenvalue weighted by molar-refractivity contribution is 5.88. The molecule has 5 nitrogen and oxygen atoms in total. The van der Waals surface area contributed by atoms with E-state index >= 15 is 0 Å². The Balaban J connectivity index is 2.48. The summed E-state index contributed by atoms with van der Waals surface area (Å²) in [5, 5.41) is 3.31. The van der Waals surface area contributed by atoms with Crippen LogP contribution in [0.2, 0.25) is 0 Å². The molecule has 120 valence electrons. The second-order valence-electron chi connectivity index (χ2n) is 6.20. The fourth-order valence-electron chi connectivity index (χ4n) is 3.61. The minimum atomic E-state index is -0.816. The summed E-state index contributed by atoms with van der Waals surface area (Å²) >= 11 is 0. The summed E-state index contributed by atoms with van der Waals surface area (Å²) < 4.78 is 0. The number of benzene rings is 1. The fraction of sp³-hybridized carbons (Fsp3) is 0.529. The molecule has 1 unspecified atom stereocenters. The quantitative estimate of drug-likeness (QED) is 0.730. The molecule has 1 saturated heterocycles. The lowest BCUT2D eigenvalue weighted by molar-refractivity contribution is -0.127. The first kappa shape index (κ1) is 16.5. The van der Waals surface area contributed by atoms with E-state index in [1.807, 2.05) is 31.2 Å². The van der Waals surface area contributed by atoms with Crippen LogP contribution in [0.4, 0.5) is 0 Å². The van der Waals surface area contributed by atoms with Gasteiger partial charge in [-0.05, 0) is 50.8 Å². The first-order chi connectivity index (χ1) is 10.5. The maximum Gasteiger partial charge on any atom is 0.228 e.